The topological polar surface area (TPSA) is 9.86 Å². The van der Waals surface area contributed by atoms with E-state index < -0.39 is 0 Å². The van der Waals surface area contributed by atoms with Crippen LogP contribution in [0.4, 0.5) is 0 Å². The molecule has 0 saturated carbocycles. The average Bonchev–Trinajstić information content (AvgIpc) is 3.54. The summed E-state index contributed by atoms with van der Waals surface area (Å²) in [7, 11) is 0. The Morgan fingerprint density at radius 3 is 1.52 bits per heavy atom. The molecule has 2 heterocycles. The maximum Gasteiger partial charge on any atom is 0.0547 e. The van der Waals surface area contributed by atoms with Crippen LogP contribution in [-0.2, 0) is 0 Å². The molecule has 0 aliphatic rings. The third-order valence-electron chi connectivity index (χ3n) is 8.49. The molecule has 9 rings (SSSR count). The second-order valence-corrected chi connectivity index (χ2v) is 10.6. The van der Waals surface area contributed by atoms with Gasteiger partial charge in [-0.15, -0.1) is 0 Å². The van der Waals surface area contributed by atoms with E-state index in [1.54, 1.807) is 0 Å². The van der Waals surface area contributed by atoms with E-state index in [-0.39, 0.29) is 0 Å². The summed E-state index contributed by atoms with van der Waals surface area (Å²) in [5.41, 5.74) is 7.32. The van der Waals surface area contributed by atoms with Gasteiger partial charge in [-0.05, 0) is 58.6 Å². The van der Waals surface area contributed by atoms with Crippen LogP contribution < -0.4 is 0 Å². The van der Waals surface area contributed by atoms with Gasteiger partial charge < -0.3 is 9.13 Å². The number of para-hydroxylation sites is 3. The lowest BCUT2D eigenvalue weighted by Crippen LogP contribution is -1.95. The lowest BCUT2D eigenvalue weighted by Gasteiger charge is -2.12. The first-order valence-corrected chi connectivity index (χ1v) is 13.8. The molecule has 7 aromatic carbocycles. The van der Waals surface area contributed by atoms with Crippen LogP contribution in [-0.4, -0.2) is 9.13 Å². The molecule has 0 amide bonds. The van der Waals surface area contributed by atoms with Crippen molar-refractivity contribution < 1.29 is 0 Å². The van der Waals surface area contributed by atoms with Gasteiger partial charge in [0.05, 0.1) is 27.8 Å². The van der Waals surface area contributed by atoms with E-state index in [9.17, 15) is 0 Å². The Hall–Kier alpha value is -5.34. The molecular weight excluding hydrogens is 484 g/mol. The van der Waals surface area contributed by atoms with Crippen LogP contribution in [0.1, 0.15) is 0 Å². The summed E-state index contributed by atoms with van der Waals surface area (Å²) in [5, 5.41) is 10.3. The van der Waals surface area contributed by atoms with Crippen LogP contribution in [0.25, 0.3) is 76.5 Å². The van der Waals surface area contributed by atoms with Gasteiger partial charge in [0.15, 0.2) is 0 Å². The monoisotopic (exact) mass is 508 g/mol. The number of rotatable bonds is 2. The molecule has 186 valence electrons. The fourth-order valence-electron chi connectivity index (χ4n) is 6.86. The van der Waals surface area contributed by atoms with Crippen molar-refractivity contribution in [2.24, 2.45) is 0 Å². The van der Waals surface area contributed by atoms with Crippen LogP contribution in [0.15, 0.2) is 146 Å². The molecular formula is C38H24N2. The average molecular weight is 509 g/mol. The molecule has 0 unspecified atom stereocenters. The Labute approximate surface area is 230 Å². The van der Waals surface area contributed by atoms with Gasteiger partial charge in [-0.2, -0.15) is 0 Å². The minimum Gasteiger partial charge on any atom is -0.309 e. The SMILES string of the molecule is c1ccc(-n2c3ccccc3c3c4ccc5c(c4ccc32)c2ccccc2n5-c2cccc3ccccc23)cc1. The van der Waals surface area contributed by atoms with Crippen molar-refractivity contribution in [1.29, 1.82) is 0 Å². The van der Waals surface area contributed by atoms with Crippen molar-refractivity contribution in [3.05, 3.63) is 146 Å². The van der Waals surface area contributed by atoms with Crippen molar-refractivity contribution in [2.75, 3.05) is 0 Å². The summed E-state index contributed by atoms with van der Waals surface area (Å²) < 4.78 is 4.84. The molecule has 0 N–H and O–H groups in total. The molecule has 0 aliphatic carbocycles. The van der Waals surface area contributed by atoms with Gasteiger partial charge in [-0.25, -0.2) is 0 Å². The Balaban J connectivity index is 1.46. The minimum atomic E-state index is 1.18. The van der Waals surface area contributed by atoms with Gasteiger partial charge in [0.2, 0.25) is 0 Å². The third-order valence-corrected chi connectivity index (χ3v) is 8.49. The molecule has 40 heavy (non-hydrogen) atoms. The largest absolute Gasteiger partial charge is 0.309 e. The van der Waals surface area contributed by atoms with Gasteiger partial charge in [0, 0.05) is 32.6 Å². The lowest BCUT2D eigenvalue weighted by molar-refractivity contribution is 1.18. The predicted octanol–water partition coefficient (Wildman–Crippen LogP) is 10.2. The van der Waals surface area contributed by atoms with Crippen LogP contribution in [0, 0.1) is 0 Å². The zero-order valence-electron chi connectivity index (χ0n) is 21.8. The summed E-state index contributed by atoms with van der Waals surface area (Å²) in [6.07, 6.45) is 0. The fraction of sp³-hybridized carbons (Fsp3) is 0. The minimum absolute atomic E-state index is 1.18. The van der Waals surface area contributed by atoms with Crippen molar-refractivity contribution in [3.8, 4) is 11.4 Å². The van der Waals surface area contributed by atoms with E-state index in [0.29, 0.717) is 0 Å². The summed E-state index contributed by atoms with van der Waals surface area (Å²) in [6.45, 7) is 0. The Morgan fingerprint density at radius 1 is 0.300 bits per heavy atom. The summed E-state index contributed by atoms with van der Waals surface area (Å²) >= 11 is 0. The number of hydrogen-bond donors (Lipinski definition) is 0. The van der Waals surface area contributed by atoms with Crippen LogP contribution in [0.5, 0.6) is 0 Å². The normalized spacial score (nSPS) is 12.0. The lowest BCUT2D eigenvalue weighted by atomic mass is 9.99. The van der Waals surface area contributed by atoms with Crippen molar-refractivity contribution >= 4 is 65.2 Å². The quantitative estimate of drug-likeness (QED) is 0.220. The predicted molar refractivity (Wildman–Crippen MR) is 170 cm³/mol. The third kappa shape index (κ3) is 2.82. The highest BCUT2D eigenvalue weighted by atomic mass is 15.0. The molecule has 2 nitrogen and oxygen atoms in total. The van der Waals surface area contributed by atoms with Crippen molar-refractivity contribution in [1.82, 2.24) is 9.13 Å². The van der Waals surface area contributed by atoms with Crippen LogP contribution in [0.3, 0.4) is 0 Å². The standard InChI is InChI=1S/C38H24N2/c1-2-13-26(14-3-1)39-33-18-8-6-16-30(33)37-28-22-24-36-38(29(28)21-23-35(37)39)31-17-7-9-19-34(31)40(36)32-20-10-12-25-11-4-5-15-27(25)32/h1-24H. The second kappa shape index (κ2) is 8.08. The Kier molecular flexibility index (Phi) is 4.36. The zero-order chi connectivity index (χ0) is 26.2. The fourth-order valence-corrected chi connectivity index (χ4v) is 6.86. The number of aromatic nitrogens is 2. The number of fused-ring (bicyclic) bond motifs is 10. The molecule has 2 heteroatoms. The van der Waals surface area contributed by atoms with Crippen molar-refractivity contribution in [3.63, 3.8) is 0 Å². The molecule has 0 fully saturated rings. The van der Waals surface area contributed by atoms with E-state index >= 15 is 0 Å². The Morgan fingerprint density at radius 2 is 0.825 bits per heavy atom. The first-order chi connectivity index (χ1) is 19.9. The van der Waals surface area contributed by atoms with E-state index in [4.69, 9.17) is 0 Å². The first-order valence-electron chi connectivity index (χ1n) is 13.8. The van der Waals surface area contributed by atoms with E-state index in [0.717, 1.165) is 0 Å². The molecule has 9 aromatic rings. The smallest absolute Gasteiger partial charge is 0.0547 e. The van der Waals surface area contributed by atoms with Gasteiger partial charge in [0.25, 0.3) is 0 Å². The molecule has 0 saturated heterocycles. The van der Waals surface area contributed by atoms with Gasteiger partial charge in [-0.3, -0.25) is 0 Å². The maximum absolute atomic E-state index is 2.45. The molecule has 0 bridgehead atoms. The van der Waals surface area contributed by atoms with Crippen LogP contribution in [0.2, 0.25) is 0 Å². The maximum atomic E-state index is 2.45. The zero-order valence-corrected chi connectivity index (χ0v) is 21.8. The number of nitrogens with zero attached hydrogens (tertiary/aromatic N) is 2. The molecule has 0 radical (unpaired) electrons. The molecule has 0 atom stereocenters. The second-order valence-electron chi connectivity index (χ2n) is 10.6. The highest BCUT2D eigenvalue weighted by molar-refractivity contribution is 6.29. The van der Waals surface area contributed by atoms with Crippen molar-refractivity contribution in [2.45, 2.75) is 0 Å². The summed E-state index contributed by atoms with van der Waals surface area (Å²) in [5.74, 6) is 0. The van der Waals surface area contributed by atoms with E-state index in [1.807, 2.05) is 0 Å². The number of hydrogen-bond acceptors (Lipinski definition) is 0. The summed E-state index contributed by atoms with van der Waals surface area (Å²) in [4.78, 5) is 0. The number of benzene rings is 7. The molecule has 0 spiro atoms. The summed E-state index contributed by atoms with van der Waals surface area (Å²) in [6, 6.07) is 52.9. The highest BCUT2D eigenvalue weighted by Crippen LogP contribution is 2.42. The molecule has 0 aliphatic heterocycles. The van der Waals surface area contributed by atoms with Gasteiger partial charge in [-0.1, -0.05) is 103 Å². The Bertz CT molecular complexity index is 2420. The molecule has 2 aromatic heterocycles. The van der Waals surface area contributed by atoms with Crippen LogP contribution >= 0.6 is 0 Å². The van der Waals surface area contributed by atoms with Gasteiger partial charge in [0.1, 0.15) is 0 Å². The van der Waals surface area contributed by atoms with E-state index in [1.165, 1.54) is 76.5 Å². The highest BCUT2D eigenvalue weighted by Gasteiger charge is 2.19. The van der Waals surface area contributed by atoms with E-state index in [2.05, 4.69) is 155 Å². The first kappa shape index (κ1) is 21.6. The van der Waals surface area contributed by atoms with Gasteiger partial charge >= 0.3 is 0 Å².